The molecule has 0 saturated carbocycles. The van der Waals surface area contributed by atoms with E-state index in [1.54, 1.807) is 6.07 Å². The van der Waals surface area contributed by atoms with Gasteiger partial charge < -0.3 is 5.11 Å². The van der Waals surface area contributed by atoms with E-state index in [-0.39, 0.29) is 0 Å². The number of benzene rings is 1. The normalized spacial score (nSPS) is 12.1. The zero-order valence-corrected chi connectivity index (χ0v) is 11.3. The highest BCUT2D eigenvalue weighted by Crippen LogP contribution is 2.36. The average Bonchev–Trinajstić information content (AvgIpc) is 2.31. The topological polar surface area (TPSA) is 23.5 Å². The van der Waals surface area contributed by atoms with Crippen molar-refractivity contribution >= 4 is 0 Å². The van der Waals surface area contributed by atoms with E-state index >= 15 is 0 Å². The zero-order chi connectivity index (χ0) is 14.5. The third kappa shape index (κ3) is 4.74. The smallest absolute Gasteiger partial charge is 0.419 e. The number of nitrogens with zero attached hydrogens (tertiary/aromatic N) is 1. The lowest BCUT2D eigenvalue weighted by Gasteiger charge is -2.21. The molecule has 0 amide bonds. The lowest BCUT2D eigenvalue weighted by Crippen LogP contribution is -2.25. The Morgan fingerprint density at radius 3 is 2.16 bits per heavy atom. The highest BCUT2D eigenvalue weighted by Gasteiger charge is 2.34. The summed E-state index contributed by atoms with van der Waals surface area (Å²) in [6.45, 7) is 6.28. The molecule has 0 aliphatic carbocycles. The first-order valence-electron chi connectivity index (χ1n) is 6.50. The van der Waals surface area contributed by atoms with Gasteiger partial charge in [0.2, 0.25) is 0 Å². The number of phenols is 1. The molecule has 1 aromatic carbocycles. The highest BCUT2D eigenvalue weighted by atomic mass is 19.4. The van der Waals surface area contributed by atoms with Gasteiger partial charge in [0.05, 0.1) is 5.56 Å². The minimum atomic E-state index is -4.51. The number of alkyl halides is 3. The number of phenolic OH excluding ortho intramolecular Hbond substituents is 1. The van der Waals surface area contributed by atoms with Crippen LogP contribution >= 0.6 is 0 Å². The van der Waals surface area contributed by atoms with Gasteiger partial charge in [-0.15, -0.1) is 0 Å². The predicted octanol–water partition coefficient (Wildman–Crippen LogP) is 4.03. The van der Waals surface area contributed by atoms with E-state index < -0.39 is 17.5 Å². The Kier molecular flexibility index (Phi) is 5.66. The summed E-state index contributed by atoms with van der Waals surface area (Å²) in [5.41, 5.74) is -0.384. The Morgan fingerprint density at radius 2 is 1.68 bits per heavy atom. The fourth-order valence-electron chi connectivity index (χ4n) is 2.07. The summed E-state index contributed by atoms with van der Waals surface area (Å²) in [4.78, 5) is 2.12. The maximum Gasteiger partial charge on any atom is 0.419 e. The average molecular weight is 275 g/mol. The van der Waals surface area contributed by atoms with Gasteiger partial charge >= 0.3 is 6.18 Å². The summed E-state index contributed by atoms with van der Waals surface area (Å²) < 4.78 is 38.1. The van der Waals surface area contributed by atoms with E-state index in [0.29, 0.717) is 12.1 Å². The van der Waals surface area contributed by atoms with Crippen molar-refractivity contribution in [1.29, 1.82) is 0 Å². The lowest BCUT2D eigenvalue weighted by molar-refractivity contribution is -0.138. The molecule has 1 N–H and O–H groups in total. The maximum atomic E-state index is 12.7. The SMILES string of the molecule is CCCN(CCC)Cc1ccc(O)c(C(F)(F)F)c1. The Hall–Kier alpha value is -1.23. The number of halogens is 3. The van der Waals surface area contributed by atoms with Crippen LogP contribution in [-0.4, -0.2) is 23.1 Å². The summed E-state index contributed by atoms with van der Waals surface area (Å²) in [6, 6.07) is 3.70. The number of hydrogen-bond donors (Lipinski definition) is 1. The van der Waals surface area contributed by atoms with Gasteiger partial charge in [0.15, 0.2) is 0 Å². The van der Waals surface area contributed by atoms with E-state index in [2.05, 4.69) is 4.90 Å². The number of rotatable bonds is 6. The number of aromatic hydroxyl groups is 1. The molecular formula is C14H20F3NO. The van der Waals surface area contributed by atoms with Crippen LogP contribution in [0.15, 0.2) is 18.2 Å². The van der Waals surface area contributed by atoms with Crippen LogP contribution in [0, 0.1) is 0 Å². The number of hydrogen-bond acceptors (Lipinski definition) is 2. The van der Waals surface area contributed by atoms with E-state index in [1.165, 1.54) is 0 Å². The van der Waals surface area contributed by atoms with Crippen LogP contribution in [0.3, 0.4) is 0 Å². The molecule has 0 unspecified atom stereocenters. The van der Waals surface area contributed by atoms with Crippen molar-refractivity contribution < 1.29 is 18.3 Å². The van der Waals surface area contributed by atoms with Gasteiger partial charge in [0, 0.05) is 6.54 Å². The van der Waals surface area contributed by atoms with Gasteiger partial charge in [-0.1, -0.05) is 19.9 Å². The minimum Gasteiger partial charge on any atom is -0.507 e. The van der Waals surface area contributed by atoms with Crippen molar-refractivity contribution in [3.05, 3.63) is 29.3 Å². The third-order valence-corrected chi connectivity index (χ3v) is 2.85. The molecule has 0 radical (unpaired) electrons. The predicted molar refractivity (Wildman–Crippen MR) is 69.0 cm³/mol. The van der Waals surface area contributed by atoms with Gasteiger partial charge in [-0.25, -0.2) is 0 Å². The molecule has 0 saturated heterocycles. The molecule has 1 rings (SSSR count). The van der Waals surface area contributed by atoms with Gasteiger partial charge in [-0.05, 0) is 43.6 Å². The molecule has 0 spiro atoms. The van der Waals surface area contributed by atoms with Gasteiger partial charge in [0.1, 0.15) is 5.75 Å². The first kappa shape index (κ1) is 15.8. The molecule has 1 aromatic rings. The van der Waals surface area contributed by atoms with Crippen LogP contribution in [0.4, 0.5) is 13.2 Å². The van der Waals surface area contributed by atoms with Crippen LogP contribution in [0.25, 0.3) is 0 Å². The molecule has 19 heavy (non-hydrogen) atoms. The Labute approximate surface area is 111 Å². The molecule has 0 aromatic heterocycles. The van der Waals surface area contributed by atoms with Crippen LogP contribution < -0.4 is 0 Å². The van der Waals surface area contributed by atoms with Crippen molar-refractivity contribution in [2.45, 2.75) is 39.4 Å². The van der Waals surface area contributed by atoms with E-state index in [1.807, 2.05) is 13.8 Å². The first-order chi connectivity index (χ1) is 8.88. The van der Waals surface area contributed by atoms with E-state index in [4.69, 9.17) is 0 Å². The van der Waals surface area contributed by atoms with Gasteiger partial charge in [0.25, 0.3) is 0 Å². The summed E-state index contributed by atoms with van der Waals surface area (Å²) in [5.74, 6) is -0.714. The van der Waals surface area contributed by atoms with Crippen LogP contribution in [-0.2, 0) is 12.7 Å². The Balaban J connectivity index is 2.89. The monoisotopic (exact) mass is 275 g/mol. The first-order valence-corrected chi connectivity index (χ1v) is 6.50. The van der Waals surface area contributed by atoms with Crippen LogP contribution in [0.5, 0.6) is 5.75 Å². The summed E-state index contributed by atoms with van der Waals surface area (Å²) in [7, 11) is 0. The molecular weight excluding hydrogens is 255 g/mol. The van der Waals surface area contributed by atoms with Crippen molar-refractivity contribution in [3.8, 4) is 5.75 Å². The lowest BCUT2D eigenvalue weighted by atomic mass is 10.1. The minimum absolute atomic E-state index is 0.477. The van der Waals surface area contributed by atoms with Crippen molar-refractivity contribution in [3.63, 3.8) is 0 Å². The van der Waals surface area contributed by atoms with E-state index in [9.17, 15) is 18.3 Å². The maximum absolute atomic E-state index is 12.7. The molecule has 0 heterocycles. The zero-order valence-electron chi connectivity index (χ0n) is 11.3. The van der Waals surface area contributed by atoms with E-state index in [0.717, 1.165) is 38.1 Å². The third-order valence-electron chi connectivity index (χ3n) is 2.85. The molecule has 0 aliphatic rings. The van der Waals surface area contributed by atoms with Gasteiger partial charge in [-0.2, -0.15) is 13.2 Å². The van der Waals surface area contributed by atoms with Crippen LogP contribution in [0.2, 0.25) is 0 Å². The second kappa shape index (κ2) is 6.80. The Morgan fingerprint density at radius 1 is 1.11 bits per heavy atom. The van der Waals surface area contributed by atoms with Crippen LogP contribution in [0.1, 0.15) is 37.8 Å². The van der Waals surface area contributed by atoms with Gasteiger partial charge in [-0.3, -0.25) is 4.90 Å². The molecule has 0 atom stereocenters. The summed E-state index contributed by atoms with van der Waals surface area (Å²) >= 11 is 0. The molecule has 0 bridgehead atoms. The van der Waals surface area contributed by atoms with Crippen molar-refractivity contribution in [2.24, 2.45) is 0 Å². The molecule has 108 valence electrons. The second-order valence-corrected chi connectivity index (χ2v) is 4.63. The van der Waals surface area contributed by atoms with Crippen molar-refractivity contribution in [1.82, 2.24) is 4.90 Å². The fourth-order valence-corrected chi connectivity index (χ4v) is 2.07. The fraction of sp³-hybridized carbons (Fsp3) is 0.571. The summed E-state index contributed by atoms with van der Waals surface area (Å²) in [6.07, 6.45) is -2.59. The summed E-state index contributed by atoms with van der Waals surface area (Å²) in [5, 5.41) is 9.28. The largest absolute Gasteiger partial charge is 0.507 e. The molecule has 2 nitrogen and oxygen atoms in total. The molecule has 0 fully saturated rings. The van der Waals surface area contributed by atoms with Crippen molar-refractivity contribution in [2.75, 3.05) is 13.1 Å². The molecule has 0 aliphatic heterocycles. The quantitative estimate of drug-likeness (QED) is 0.847. The highest BCUT2D eigenvalue weighted by molar-refractivity contribution is 5.38. The second-order valence-electron chi connectivity index (χ2n) is 4.63. The molecule has 5 heteroatoms. The Bertz CT molecular complexity index is 398. The standard InChI is InChI=1S/C14H20F3NO/c1-3-7-18(8-4-2)10-11-5-6-13(19)12(9-11)14(15,16)17/h5-6,9,19H,3-4,7-8,10H2,1-2H3.